The number of pyridine rings is 1. The van der Waals surface area contributed by atoms with E-state index in [1.807, 2.05) is 18.2 Å². The van der Waals surface area contributed by atoms with Crippen LogP contribution in [0.25, 0.3) is 5.65 Å². The normalized spacial score (nSPS) is 15.6. The zero-order chi connectivity index (χ0) is 27.1. The number of imidazole rings is 1. The van der Waals surface area contributed by atoms with Gasteiger partial charge in [-0.15, -0.1) is 11.3 Å². The maximum atomic E-state index is 13.7. The van der Waals surface area contributed by atoms with Crippen molar-refractivity contribution >= 4 is 34.5 Å². The van der Waals surface area contributed by atoms with Crippen molar-refractivity contribution in [2.24, 2.45) is 5.92 Å². The summed E-state index contributed by atoms with van der Waals surface area (Å²) >= 11 is 1.35. The number of aromatic nitrogens is 2. The van der Waals surface area contributed by atoms with Crippen molar-refractivity contribution in [3.63, 3.8) is 0 Å². The standard InChI is InChI=1S/C27H23F3N4O4S/c28-27(29,30)20-9-17(4-5-22(20)38-14-16-12-37-13-16)32-25(35)19-15-39-23-11-33(8-6-18(19)23)26(36)21-10-31-24-3-1-2-7-34(21)24/h1-5,7,9-10,15-16H,6,8,11-14H2,(H,32,35). The molecule has 39 heavy (non-hydrogen) atoms. The highest BCUT2D eigenvalue weighted by molar-refractivity contribution is 7.10. The molecule has 6 rings (SSSR count). The number of benzene rings is 1. The minimum absolute atomic E-state index is 0.0202. The molecule has 2 amide bonds. The van der Waals surface area contributed by atoms with Crippen LogP contribution in [0.1, 0.15) is 36.9 Å². The first-order chi connectivity index (χ1) is 18.8. The summed E-state index contributed by atoms with van der Waals surface area (Å²) in [4.78, 5) is 33.1. The van der Waals surface area contributed by atoms with Gasteiger partial charge in [0.25, 0.3) is 11.8 Å². The van der Waals surface area contributed by atoms with Gasteiger partial charge in [0.2, 0.25) is 0 Å². The Bertz CT molecular complexity index is 1560. The number of amides is 2. The number of anilines is 1. The molecule has 0 saturated carbocycles. The lowest BCUT2D eigenvalue weighted by Gasteiger charge is -2.27. The van der Waals surface area contributed by atoms with Crippen molar-refractivity contribution in [3.8, 4) is 5.75 Å². The number of alkyl halides is 3. The number of rotatable bonds is 6. The van der Waals surface area contributed by atoms with Crippen LogP contribution in [0.15, 0.2) is 54.2 Å². The van der Waals surface area contributed by atoms with Crippen LogP contribution in [0, 0.1) is 5.92 Å². The molecule has 8 nitrogen and oxygen atoms in total. The van der Waals surface area contributed by atoms with Gasteiger partial charge in [0.1, 0.15) is 17.1 Å². The van der Waals surface area contributed by atoms with E-state index in [2.05, 4.69) is 10.3 Å². The summed E-state index contributed by atoms with van der Waals surface area (Å²) in [6.07, 6.45) is -0.863. The summed E-state index contributed by atoms with van der Waals surface area (Å²) < 4.78 is 53.3. The monoisotopic (exact) mass is 556 g/mol. The second-order valence-corrected chi connectivity index (χ2v) is 10.4. The highest BCUT2D eigenvalue weighted by Crippen LogP contribution is 2.38. The first kappa shape index (κ1) is 25.4. The Kier molecular flexibility index (Phi) is 6.51. The van der Waals surface area contributed by atoms with E-state index < -0.39 is 17.6 Å². The van der Waals surface area contributed by atoms with Crippen LogP contribution >= 0.6 is 11.3 Å². The van der Waals surface area contributed by atoms with E-state index in [1.54, 1.807) is 27.1 Å². The number of hydrogen-bond donors (Lipinski definition) is 1. The lowest BCUT2D eigenvalue weighted by Crippen LogP contribution is -2.36. The van der Waals surface area contributed by atoms with E-state index >= 15 is 0 Å². The van der Waals surface area contributed by atoms with Gasteiger partial charge in [-0.3, -0.25) is 14.0 Å². The minimum atomic E-state index is -4.65. The van der Waals surface area contributed by atoms with Gasteiger partial charge in [0.15, 0.2) is 0 Å². The van der Waals surface area contributed by atoms with Crippen LogP contribution < -0.4 is 10.1 Å². The molecule has 0 bridgehead atoms. The number of ether oxygens (including phenoxy) is 2. The number of fused-ring (bicyclic) bond motifs is 2. The van der Waals surface area contributed by atoms with E-state index in [1.165, 1.54) is 23.5 Å². The van der Waals surface area contributed by atoms with Gasteiger partial charge in [-0.05, 0) is 42.3 Å². The third kappa shape index (κ3) is 4.97. The first-order valence-electron chi connectivity index (χ1n) is 12.3. The molecular formula is C27H23F3N4O4S. The van der Waals surface area contributed by atoms with Gasteiger partial charge in [-0.1, -0.05) is 6.07 Å². The highest BCUT2D eigenvalue weighted by atomic mass is 32.1. The topological polar surface area (TPSA) is 85.2 Å². The van der Waals surface area contributed by atoms with Crippen LogP contribution in [-0.4, -0.2) is 52.5 Å². The second kappa shape index (κ2) is 10.0. The molecule has 4 aromatic rings. The summed E-state index contributed by atoms with van der Waals surface area (Å²) in [6.45, 7) is 1.80. The van der Waals surface area contributed by atoms with E-state index in [0.717, 1.165) is 16.5 Å². The largest absolute Gasteiger partial charge is 0.492 e. The lowest BCUT2D eigenvalue weighted by atomic mass is 10.0. The fourth-order valence-corrected chi connectivity index (χ4v) is 5.78. The molecule has 3 aromatic heterocycles. The Hall–Kier alpha value is -3.90. The van der Waals surface area contributed by atoms with E-state index in [0.29, 0.717) is 49.6 Å². The molecule has 1 N–H and O–H groups in total. The summed E-state index contributed by atoms with van der Waals surface area (Å²) in [7, 11) is 0. The molecule has 0 radical (unpaired) electrons. The van der Waals surface area contributed by atoms with E-state index in [9.17, 15) is 22.8 Å². The fraction of sp³-hybridized carbons (Fsp3) is 0.296. The average molecular weight is 557 g/mol. The van der Waals surface area contributed by atoms with Crippen molar-refractivity contribution in [3.05, 3.63) is 81.4 Å². The third-order valence-electron chi connectivity index (χ3n) is 6.84. The number of hydrogen-bond acceptors (Lipinski definition) is 6. The molecular weight excluding hydrogens is 533 g/mol. The molecule has 2 aliphatic rings. The van der Waals surface area contributed by atoms with Crippen LogP contribution in [0.5, 0.6) is 5.75 Å². The van der Waals surface area contributed by atoms with Crippen LogP contribution in [0.3, 0.4) is 0 Å². The molecule has 1 saturated heterocycles. The first-order valence-corrected chi connectivity index (χ1v) is 13.2. The van der Waals surface area contributed by atoms with Crippen molar-refractivity contribution in [2.45, 2.75) is 19.1 Å². The average Bonchev–Trinajstić information content (AvgIpc) is 3.51. The summed E-state index contributed by atoms with van der Waals surface area (Å²) in [5.74, 6) is -0.870. The summed E-state index contributed by atoms with van der Waals surface area (Å²) in [6, 6.07) is 9.00. The molecule has 5 heterocycles. The Morgan fingerprint density at radius 3 is 2.82 bits per heavy atom. The molecule has 12 heteroatoms. The fourth-order valence-electron chi connectivity index (χ4n) is 4.69. The van der Waals surface area contributed by atoms with Gasteiger partial charge < -0.3 is 19.7 Å². The van der Waals surface area contributed by atoms with Crippen molar-refractivity contribution in [2.75, 3.05) is 31.7 Å². The quantitative estimate of drug-likeness (QED) is 0.366. The number of carbonyl (C=O) groups excluding carboxylic acids is 2. The van der Waals surface area contributed by atoms with Gasteiger partial charge in [0.05, 0.1) is 43.7 Å². The van der Waals surface area contributed by atoms with Gasteiger partial charge in [-0.2, -0.15) is 13.2 Å². The zero-order valence-electron chi connectivity index (χ0n) is 20.5. The predicted molar refractivity (Wildman–Crippen MR) is 137 cm³/mol. The Morgan fingerprint density at radius 1 is 1.21 bits per heavy atom. The van der Waals surface area contributed by atoms with Crippen LogP contribution in [0.4, 0.5) is 18.9 Å². The Balaban J connectivity index is 1.16. The Morgan fingerprint density at radius 2 is 2.05 bits per heavy atom. The molecule has 0 atom stereocenters. The minimum Gasteiger partial charge on any atom is -0.492 e. The highest BCUT2D eigenvalue weighted by Gasteiger charge is 2.36. The summed E-state index contributed by atoms with van der Waals surface area (Å²) in [5.41, 5.74) is 1.41. The molecule has 1 aromatic carbocycles. The van der Waals surface area contributed by atoms with Crippen molar-refractivity contribution < 1.29 is 32.2 Å². The van der Waals surface area contributed by atoms with Gasteiger partial charge >= 0.3 is 6.18 Å². The number of carbonyl (C=O) groups is 2. The lowest BCUT2D eigenvalue weighted by molar-refractivity contribution is -0.139. The molecule has 2 aliphatic heterocycles. The SMILES string of the molecule is O=C(Nc1ccc(OCC2COC2)c(C(F)(F)F)c1)c1csc2c1CCN(C(=O)c1cnc3ccccn13)C2. The number of halogens is 3. The van der Waals surface area contributed by atoms with Crippen molar-refractivity contribution in [1.29, 1.82) is 0 Å². The number of nitrogens with one attached hydrogen (secondary N) is 1. The summed E-state index contributed by atoms with van der Waals surface area (Å²) in [5, 5.41) is 4.28. The molecule has 0 spiro atoms. The van der Waals surface area contributed by atoms with Crippen molar-refractivity contribution in [1.82, 2.24) is 14.3 Å². The van der Waals surface area contributed by atoms with E-state index in [4.69, 9.17) is 9.47 Å². The Labute approximate surface area is 225 Å². The number of nitrogens with zero attached hydrogens (tertiary/aromatic N) is 3. The predicted octanol–water partition coefficient (Wildman–Crippen LogP) is 4.89. The smallest absolute Gasteiger partial charge is 0.420 e. The zero-order valence-corrected chi connectivity index (χ0v) is 21.3. The molecule has 0 aliphatic carbocycles. The molecule has 202 valence electrons. The molecule has 1 fully saturated rings. The van der Waals surface area contributed by atoms with Gasteiger partial charge in [-0.25, -0.2) is 4.98 Å². The second-order valence-electron chi connectivity index (χ2n) is 9.48. The van der Waals surface area contributed by atoms with Crippen LogP contribution in [-0.2, 0) is 23.9 Å². The number of thiophene rings is 1. The van der Waals surface area contributed by atoms with E-state index in [-0.39, 0.29) is 29.9 Å². The van der Waals surface area contributed by atoms with Gasteiger partial charge in [0, 0.05) is 34.6 Å². The molecule has 0 unspecified atom stereocenters. The van der Waals surface area contributed by atoms with Crippen LogP contribution in [0.2, 0.25) is 0 Å². The maximum Gasteiger partial charge on any atom is 0.420 e. The maximum absolute atomic E-state index is 13.7. The third-order valence-corrected chi connectivity index (χ3v) is 7.85.